The molecule has 10 atom stereocenters. The molecule has 0 aromatic heterocycles. The van der Waals surface area contributed by atoms with Crippen LogP contribution in [0.1, 0.15) is 122 Å². The number of benzene rings is 3. The summed E-state index contributed by atoms with van der Waals surface area (Å²) in [6.45, 7) is 16.6. The number of ether oxygens (including phenoxy) is 1. The highest BCUT2D eigenvalue weighted by molar-refractivity contribution is 8.03. The molecule has 4 aliphatic rings. The molecule has 2 aliphatic heterocycles. The molecule has 3 aromatic rings. The second-order valence-electron chi connectivity index (χ2n) is 24.6. The Balaban J connectivity index is 1.25. The topological polar surface area (TPSA) is 331 Å². The molecule has 1 fully saturated rings. The number of carboxylic acids is 1. The number of allylic oxidation sites excluding steroid dienone is 1. The van der Waals surface area contributed by atoms with Crippen molar-refractivity contribution in [1.29, 1.82) is 0 Å². The third-order valence-electron chi connectivity index (χ3n) is 17.6. The number of thioether (sulfide) groups is 1. The van der Waals surface area contributed by atoms with Gasteiger partial charge >= 0.3 is 12.1 Å². The van der Waals surface area contributed by atoms with Crippen LogP contribution in [0.25, 0.3) is 16.7 Å². The minimum atomic E-state index is -2.51. The van der Waals surface area contributed by atoms with E-state index in [0.29, 0.717) is 28.9 Å². The fourth-order valence-corrected chi connectivity index (χ4v) is 14.1. The number of carboxylic acid groups (broad SMARTS) is 1. The number of nitrogens with two attached hydrogens (primary N) is 1. The minimum absolute atomic E-state index is 0.0495. The van der Waals surface area contributed by atoms with Crippen molar-refractivity contribution in [2.45, 2.75) is 172 Å². The highest BCUT2D eigenvalue weighted by Gasteiger charge is 2.45. The highest BCUT2D eigenvalue weighted by Crippen LogP contribution is 2.45. The van der Waals surface area contributed by atoms with Crippen LogP contribution in [0, 0.1) is 11.8 Å². The van der Waals surface area contributed by atoms with Crippen molar-refractivity contribution in [2.24, 2.45) is 17.6 Å². The quantitative estimate of drug-likeness (QED) is 0.0772. The summed E-state index contributed by atoms with van der Waals surface area (Å²) >= 11 is 1.13. The summed E-state index contributed by atoms with van der Waals surface area (Å²) in [6, 6.07) is 14.5. The predicted molar refractivity (Wildman–Crippen MR) is 330 cm³/mol. The largest absolute Gasteiger partial charge is 0.480 e. The number of ketones is 1. The van der Waals surface area contributed by atoms with E-state index in [1.54, 1.807) is 26.8 Å². The van der Waals surface area contributed by atoms with Gasteiger partial charge in [0.15, 0.2) is 14.1 Å². The van der Waals surface area contributed by atoms with Crippen molar-refractivity contribution in [3.63, 3.8) is 0 Å². The van der Waals surface area contributed by atoms with Gasteiger partial charge < -0.3 is 61.9 Å². The Morgan fingerprint density at radius 3 is 2.09 bits per heavy atom. The molecule has 10 N–H and O–H groups in total. The average Bonchev–Trinajstić information content (AvgIpc) is 1.88. The molecule has 24 heteroatoms. The van der Waals surface area contributed by atoms with Crippen molar-refractivity contribution >= 4 is 84.8 Å². The normalized spacial score (nSPS) is 22.2. The number of aliphatic hydroxyl groups excluding tert-OH is 1. The van der Waals surface area contributed by atoms with Gasteiger partial charge in [-0.1, -0.05) is 128 Å². The first-order chi connectivity index (χ1) is 41.1. The number of likely N-dealkylation sites (tertiary alicyclic amines) is 1. The number of amides is 8. The number of alkyl carbamates (subject to hydrolysis) is 1. The summed E-state index contributed by atoms with van der Waals surface area (Å²) in [7, 11) is -2.51. The zero-order chi connectivity index (χ0) is 63.7. The Kier molecular flexibility index (Phi) is 22.4. The van der Waals surface area contributed by atoms with E-state index >= 15 is 9.59 Å². The van der Waals surface area contributed by atoms with Gasteiger partial charge in [-0.3, -0.25) is 38.4 Å². The Morgan fingerprint density at radius 2 is 1.48 bits per heavy atom. The molecule has 7 rings (SSSR count). The molecular weight excluding hydrogens is 1150 g/mol. The van der Waals surface area contributed by atoms with Gasteiger partial charge in [-0.15, -0.1) is 11.8 Å². The summed E-state index contributed by atoms with van der Waals surface area (Å²) < 4.78 is 13.0. The number of hydrogen-bond acceptors (Lipinski definition) is 14. The highest BCUT2D eigenvalue weighted by atomic mass is 32.2. The van der Waals surface area contributed by atoms with Crippen LogP contribution in [-0.2, 0) is 58.7 Å². The Bertz CT molecular complexity index is 3100. The van der Waals surface area contributed by atoms with E-state index in [9.17, 15) is 48.6 Å². The standard InChI is InChI=1S/C63H84N8O14SSi/c1-10-34(3)55-58(78)65-30-54(76)66-47(57(77)68-46(29-52(64)74)60(80)71-31-37(72)27-48(71)61(81)82)33-86-51-26-36-18-12-13-19-38(36)43(51)28-45(49(73)24-25-53(75)69-55)67-59(79)56(35(4)50(11-2)85-87(8,9)63(5,6)7)70-62(83)84-32-44-41-22-16-14-20-39(41)40-21-15-17-23-42(40)44/h12-23,34-35,37,44-48,50,55-56,72H,10-11,24-33H2,1-9H3,(H2,64,74)(H,65,78)(H,66,76)(H,67,79)(H,68,77)(H,69,75)(H,70,83)(H,81,82)/t34-,35-,37+,45+,46-,47+,48-,50-,55-,56-/m0/s1. The molecule has 470 valence electrons. The molecule has 2 heterocycles. The lowest BCUT2D eigenvalue weighted by Gasteiger charge is -2.42. The van der Waals surface area contributed by atoms with Gasteiger partial charge in [0.2, 0.25) is 41.4 Å². The van der Waals surface area contributed by atoms with Crippen molar-refractivity contribution in [3.8, 4) is 11.1 Å². The van der Waals surface area contributed by atoms with Crippen LogP contribution in [0.2, 0.25) is 18.1 Å². The number of hydrogen-bond donors (Lipinski definition) is 9. The van der Waals surface area contributed by atoms with Crippen molar-refractivity contribution in [2.75, 3.05) is 25.4 Å². The Labute approximate surface area is 513 Å². The number of aliphatic carboxylic acids is 1. The monoisotopic (exact) mass is 1240 g/mol. The van der Waals surface area contributed by atoms with E-state index in [0.717, 1.165) is 44.5 Å². The van der Waals surface area contributed by atoms with Gasteiger partial charge in [-0.25, -0.2) is 9.59 Å². The van der Waals surface area contributed by atoms with Gasteiger partial charge in [-0.05, 0) is 74.3 Å². The van der Waals surface area contributed by atoms with Crippen LogP contribution >= 0.6 is 11.8 Å². The number of nitrogens with one attached hydrogen (secondary N) is 6. The lowest BCUT2D eigenvalue weighted by atomic mass is 9.91. The van der Waals surface area contributed by atoms with E-state index in [1.165, 1.54) is 0 Å². The second-order valence-corrected chi connectivity index (χ2v) is 30.5. The molecule has 3 aromatic carbocycles. The third-order valence-corrected chi connectivity index (χ3v) is 23.3. The van der Waals surface area contributed by atoms with Crippen LogP contribution in [0.4, 0.5) is 4.79 Å². The number of aliphatic hydroxyl groups is 1. The van der Waals surface area contributed by atoms with Crippen molar-refractivity contribution in [3.05, 3.63) is 100.0 Å². The van der Waals surface area contributed by atoms with Gasteiger partial charge in [0.1, 0.15) is 36.8 Å². The first-order valence-corrected chi connectivity index (χ1v) is 33.7. The summed E-state index contributed by atoms with van der Waals surface area (Å²) in [5.41, 5.74) is 11.7. The minimum Gasteiger partial charge on any atom is -0.480 e. The fraction of sp³-hybridized carbons (Fsp3) is 0.524. The summed E-state index contributed by atoms with van der Waals surface area (Å²) in [5.74, 6) is -9.69. The number of β-amino-alcohol motifs (C(OH)–C–C–N with tert-alkyl or cyclic N) is 1. The fourth-order valence-electron chi connectivity index (χ4n) is 11.4. The molecule has 2 aliphatic carbocycles. The van der Waals surface area contributed by atoms with Gasteiger partial charge in [0, 0.05) is 62.3 Å². The number of Topliss-reactive ketones (excluding diaryl/α,β-unsaturated/α-hetero) is 1. The van der Waals surface area contributed by atoms with Crippen molar-refractivity contribution in [1.82, 2.24) is 36.8 Å². The molecular formula is C63H84N8O14SSi. The number of nitrogens with zero attached hydrogens (tertiary/aromatic N) is 1. The number of rotatable bonds is 18. The molecule has 8 amide bonds. The second kappa shape index (κ2) is 29.1. The van der Waals surface area contributed by atoms with E-state index in [-0.39, 0.29) is 49.0 Å². The molecule has 0 bridgehead atoms. The van der Waals surface area contributed by atoms with Gasteiger partial charge in [0.05, 0.1) is 25.1 Å². The molecule has 1 saturated heterocycles. The molecule has 22 nitrogen and oxygen atoms in total. The number of carbonyl (C=O) groups excluding carboxylic acids is 9. The van der Waals surface area contributed by atoms with Crippen LogP contribution in [0.15, 0.2) is 77.7 Å². The lowest BCUT2D eigenvalue weighted by molar-refractivity contribution is -0.149. The summed E-state index contributed by atoms with van der Waals surface area (Å²) in [5, 5.41) is 36.3. The number of primary amides is 1. The first kappa shape index (κ1) is 67.1. The van der Waals surface area contributed by atoms with Gasteiger partial charge in [-0.2, -0.15) is 0 Å². The molecule has 0 spiro atoms. The van der Waals surface area contributed by atoms with Crippen LogP contribution < -0.4 is 37.6 Å². The smallest absolute Gasteiger partial charge is 0.407 e. The molecule has 87 heavy (non-hydrogen) atoms. The Morgan fingerprint density at radius 1 is 0.851 bits per heavy atom. The average molecular weight is 1240 g/mol. The Hall–Kier alpha value is -7.41. The number of carbonyl (C=O) groups is 10. The van der Waals surface area contributed by atoms with Crippen LogP contribution in [0.3, 0.4) is 0 Å². The van der Waals surface area contributed by atoms with Crippen LogP contribution in [-0.4, -0.2) is 157 Å². The van der Waals surface area contributed by atoms with E-state index in [1.807, 2.05) is 73.7 Å². The van der Waals surface area contributed by atoms with E-state index in [2.05, 4.69) is 65.8 Å². The first-order valence-electron chi connectivity index (χ1n) is 29.8. The van der Waals surface area contributed by atoms with Gasteiger partial charge in [0.25, 0.3) is 0 Å². The maximum atomic E-state index is 15.4. The van der Waals surface area contributed by atoms with Crippen molar-refractivity contribution < 1.29 is 67.3 Å². The van der Waals surface area contributed by atoms with E-state index < -0.39 is 154 Å². The molecule has 0 unspecified atom stereocenters. The zero-order valence-electron chi connectivity index (χ0n) is 51.0. The molecule has 0 radical (unpaired) electrons. The molecule has 0 saturated carbocycles. The summed E-state index contributed by atoms with van der Waals surface area (Å²) in [4.78, 5) is 141. The number of fused-ring (bicyclic) bond motifs is 5. The predicted octanol–water partition coefficient (Wildman–Crippen LogP) is 4.81. The lowest BCUT2D eigenvalue weighted by Crippen LogP contribution is -2.58. The maximum Gasteiger partial charge on any atom is 0.407 e. The van der Waals surface area contributed by atoms with E-state index in [4.69, 9.17) is 14.9 Å². The maximum absolute atomic E-state index is 15.4. The summed E-state index contributed by atoms with van der Waals surface area (Å²) in [6.07, 6.45) is -3.52. The third kappa shape index (κ3) is 16.4. The SMILES string of the molecule is CC[C@H](O[Si](C)(C)C(C)(C)C)[C@H](C)[C@H](NC(=O)OCC1c2ccccc2-c2ccccc21)C(=O)N[C@@H]1CC2=C(Cc3ccccc32)SC[C@H](C(=O)N[C@@H](CC(N)=O)C(=O)N2C[C@H](O)C[C@H]2C(=O)O)NC(=O)CNC(=O)[C@H]([C@@H](C)CC)NC(=O)CCC1=O. The zero-order valence-corrected chi connectivity index (χ0v) is 52.8. The van der Waals surface area contributed by atoms with Crippen LogP contribution in [0.5, 0.6) is 0 Å².